The second-order valence-electron chi connectivity index (χ2n) is 5.92. The van der Waals surface area contributed by atoms with E-state index in [0.29, 0.717) is 32.2 Å². The maximum Gasteiger partial charge on any atom is 0.350 e. The maximum atomic E-state index is 12.4. The van der Waals surface area contributed by atoms with Crippen molar-refractivity contribution in [3.8, 4) is 22.1 Å². The third-order valence-corrected chi connectivity index (χ3v) is 5.87. The molecule has 29 heavy (non-hydrogen) atoms. The van der Waals surface area contributed by atoms with Gasteiger partial charge in [-0.05, 0) is 32.0 Å². The van der Waals surface area contributed by atoms with Gasteiger partial charge < -0.3 is 14.2 Å². The molecule has 0 unspecified atom stereocenters. The molecule has 0 fully saturated rings. The minimum absolute atomic E-state index is 0.340. The Hall–Kier alpha value is -2.98. The lowest BCUT2D eigenvalue weighted by atomic mass is 10.2. The van der Waals surface area contributed by atoms with Crippen LogP contribution in [0, 0.1) is 13.8 Å². The predicted octanol–water partition coefficient (Wildman–Crippen LogP) is 3.70. The first-order valence-electron chi connectivity index (χ1n) is 8.50. The van der Waals surface area contributed by atoms with E-state index in [9.17, 15) is 9.59 Å². The molecule has 3 rings (SSSR count). The van der Waals surface area contributed by atoms with Gasteiger partial charge in [-0.2, -0.15) is 0 Å². The summed E-state index contributed by atoms with van der Waals surface area (Å²) in [5, 5.41) is 5.51. The summed E-state index contributed by atoms with van der Waals surface area (Å²) >= 11 is 2.50. The molecule has 0 saturated heterocycles. The lowest BCUT2D eigenvalue weighted by Crippen LogP contribution is -2.20. The van der Waals surface area contributed by atoms with Crippen LogP contribution in [0.1, 0.15) is 21.1 Å². The molecule has 3 aromatic rings. The Labute approximate surface area is 175 Å². The number of hydrogen-bond donors (Lipinski definition) is 1. The lowest BCUT2D eigenvalue weighted by molar-refractivity contribution is -0.119. The summed E-state index contributed by atoms with van der Waals surface area (Å²) in [7, 11) is 3.11. The molecule has 1 amide bonds. The first-order valence-corrected chi connectivity index (χ1v) is 10.2. The van der Waals surface area contributed by atoms with E-state index < -0.39 is 18.5 Å². The highest BCUT2D eigenvalue weighted by molar-refractivity contribution is 7.17. The van der Waals surface area contributed by atoms with E-state index in [4.69, 9.17) is 14.2 Å². The average molecular weight is 434 g/mol. The fourth-order valence-corrected chi connectivity index (χ4v) is 4.10. The molecule has 0 aliphatic carbocycles. The average Bonchev–Trinajstić information content (AvgIpc) is 3.30. The lowest BCUT2D eigenvalue weighted by Gasteiger charge is -2.08. The molecule has 0 saturated carbocycles. The summed E-state index contributed by atoms with van der Waals surface area (Å²) < 4.78 is 15.7. The molecule has 2 heterocycles. The highest BCUT2D eigenvalue weighted by Gasteiger charge is 2.20. The van der Waals surface area contributed by atoms with E-state index in [2.05, 4.69) is 15.3 Å². The van der Waals surface area contributed by atoms with Crippen LogP contribution in [0.4, 0.5) is 5.13 Å². The van der Waals surface area contributed by atoms with E-state index in [0.717, 1.165) is 11.3 Å². The van der Waals surface area contributed by atoms with Crippen molar-refractivity contribution in [2.45, 2.75) is 13.8 Å². The Morgan fingerprint density at radius 2 is 1.86 bits per heavy atom. The predicted molar refractivity (Wildman–Crippen MR) is 111 cm³/mol. The number of nitrogens with zero attached hydrogens (tertiary/aromatic N) is 2. The van der Waals surface area contributed by atoms with Crippen molar-refractivity contribution in [3.63, 3.8) is 0 Å². The number of nitrogens with one attached hydrogen (secondary N) is 1. The molecule has 0 radical (unpaired) electrons. The Kier molecular flexibility index (Phi) is 6.45. The summed E-state index contributed by atoms with van der Waals surface area (Å²) in [6, 6.07) is 5.39. The SMILES string of the molecule is COc1ccc(-c2nc(C)c(C(=O)OCC(=O)Nc3nc(C)cs3)s2)cc1OC. The van der Waals surface area contributed by atoms with Gasteiger partial charge in [0.25, 0.3) is 5.91 Å². The molecule has 0 spiro atoms. The van der Waals surface area contributed by atoms with Gasteiger partial charge in [-0.15, -0.1) is 22.7 Å². The van der Waals surface area contributed by atoms with Crippen molar-refractivity contribution < 1.29 is 23.8 Å². The molecular formula is C19H19N3O5S2. The van der Waals surface area contributed by atoms with Crippen molar-refractivity contribution in [1.29, 1.82) is 0 Å². The van der Waals surface area contributed by atoms with E-state index in [-0.39, 0.29) is 0 Å². The monoisotopic (exact) mass is 433 g/mol. The summed E-state index contributed by atoms with van der Waals surface area (Å²) in [5.41, 5.74) is 2.12. The zero-order valence-electron chi connectivity index (χ0n) is 16.3. The van der Waals surface area contributed by atoms with Gasteiger partial charge in [0, 0.05) is 10.9 Å². The van der Waals surface area contributed by atoms with Crippen molar-refractivity contribution >= 4 is 39.7 Å². The number of methoxy groups -OCH3 is 2. The standard InChI is InChI=1S/C19H19N3O5S2/c1-10-9-28-19(20-10)22-15(23)8-27-18(24)16-11(2)21-17(29-16)12-5-6-13(25-3)14(7-12)26-4/h5-7,9H,8H2,1-4H3,(H,20,22,23). The molecule has 8 nitrogen and oxygen atoms in total. The number of anilines is 1. The number of aromatic nitrogens is 2. The third kappa shape index (κ3) is 4.90. The Morgan fingerprint density at radius 1 is 1.10 bits per heavy atom. The number of ether oxygens (including phenoxy) is 3. The number of rotatable bonds is 7. The van der Waals surface area contributed by atoms with Crippen LogP contribution in [-0.4, -0.2) is 42.7 Å². The highest BCUT2D eigenvalue weighted by atomic mass is 32.1. The van der Waals surface area contributed by atoms with Gasteiger partial charge in [0.1, 0.15) is 9.88 Å². The Balaban J connectivity index is 1.68. The van der Waals surface area contributed by atoms with Crippen LogP contribution in [0.3, 0.4) is 0 Å². The van der Waals surface area contributed by atoms with E-state index in [1.165, 1.54) is 22.7 Å². The minimum atomic E-state index is -0.600. The van der Waals surface area contributed by atoms with Gasteiger partial charge in [-0.25, -0.2) is 14.8 Å². The van der Waals surface area contributed by atoms with Crippen molar-refractivity contribution in [2.24, 2.45) is 0 Å². The smallest absolute Gasteiger partial charge is 0.350 e. The third-order valence-electron chi connectivity index (χ3n) is 3.81. The van der Waals surface area contributed by atoms with Gasteiger partial charge in [-0.1, -0.05) is 0 Å². The van der Waals surface area contributed by atoms with Crippen LogP contribution in [-0.2, 0) is 9.53 Å². The topological polar surface area (TPSA) is 99.6 Å². The Bertz CT molecular complexity index is 1040. The summed E-state index contributed by atoms with van der Waals surface area (Å²) in [6.45, 7) is 3.14. The molecule has 10 heteroatoms. The molecule has 1 aromatic carbocycles. The minimum Gasteiger partial charge on any atom is -0.493 e. The second-order valence-corrected chi connectivity index (χ2v) is 7.78. The summed E-state index contributed by atoms with van der Waals surface area (Å²) in [5.74, 6) is 0.119. The summed E-state index contributed by atoms with van der Waals surface area (Å²) in [4.78, 5) is 33.3. The van der Waals surface area contributed by atoms with Gasteiger partial charge in [0.15, 0.2) is 23.2 Å². The Morgan fingerprint density at radius 3 is 2.52 bits per heavy atom. The molecule has 2 aromatic heterocycles. The van der Waals surface area contributed by atoms with Gasteiger partial charge >= 0.3 is 5.97 Å². The van der Waals surface area contributed by atoms with Gasteiger partial charge in [0.05, 0.1) is 25.6 Å². The zero-order chi connectivity index (χ0) is 21.0. The molecular weight excluding hydrogens is 414 g/mol. The number of carbonyl (C=O) groups is 2. The van der Waals surface area contributed by atoms with E-state index >= 15 is 0 Å². The van der Waals surface area contributed by atoms with E-state index in [1.807, 2.05) is 18.4 Å². The number of thiazole rings is 2. The number of benzene rings is 1. The van der Waals surface area contributed by atoms with Crippen LogP contribution < -0.4 is 14.8 Å². The number of hydrogen-bond acceptors (Lipinski definition) is 9. The number of carbonyl (C=O) groups excluding carboxylic acids is 2. The number of esters is 1. The molecule has 0 aliphatic heterocycles. The van der Waals surface area contributed by atoms with Crippen molar-refractivity contribution in [2.75, 3.05) is 26.1 Å². The summed E-state index contributed by atoms with van der Waals surface area (Å²) in [6.07, 6.45) is 0. The molecule has 0 atom stereocenters. The fourth-order valence-electron chi connectivity index (χ4n) is 2.44. The van der Waals surface area contributed by atoms with Gasteiger partial charge in [-0.3, -0.25) is 10.1 Å². The quantitative estimate of drug-likeness (QED) is 0.567. The largest absolute Gasteiger partial charge is 0.493 e. The van der Waals surface area contributed by atoms with Crippen LogP contribution in [0.25, 0.3) is 10.6 Å². The second kappa shape index (κ2) is 9.01. The van der Waals surface area contributed by atoms with Crippen LogP contribution in [0.5, 0.6) is 11.5 Å². The molecule has 0 aliphatic rings. The fraction of sp³-hybridized carbons (Fsp3) is 0.263. The van der Waals surface area contributed by atoms with Crippen molar-refractivity contribution in [3.05, 3.63) is 39.8 Å². The highest BCUT2D eigenvalue weighted by Crippen LogP contribution is 2.35. The molecule has 1 N–H and O–H groups in total. The molecule has 152 valence electrons. The number of aryl methyl sites for hydroxylation is 2. The van der Waals surface area contributed by atoms with Gasteiger partial charge in [0.2, 0.25) is 0 Å². The zero-order valence-corrected chi connectivity index (χ0v) is 17.9. The number of amides is 1. The first kappa shape index (κ1) is 20.7. The molecule has 0 bridgehead atoms. The first-order chi connectivity index (χ1) is 13.9. The van der Waals surface area contributed by atoms with E-state index in [1.54, 1.807) is 33.3 Å². The van der Waals surface area contributed by atoms with Crippen molar-refractivity contribution in [1.82, 2.24) is 9.97 Å². The maximum absolute atomic E-state index is 12.4. The van der Waals surface area contributed by atoms with Crippen LogP contribution >= 0.6 is 22.7 Å². The van der Waals surface area contributed by atoms with Crippen LogP contribution in [0.15, 0.2) is 23.6 Å². The van der Waals surface area contributed by atoms with Crippen LogP contribution in [0.2, 0.25) is 0 Å². The normalized spacial score (nSPS) is 10.5.